The first kappa shape index (κ1) is 10.5. The van der Waals surface area contributed by atoms with E-state index < -0.39 is 0 Å². The van der Waals surface area contributed by atoms with E-state index in [4.69, 9.17) is 5.73 Å². The molecule has 0 aromatic heterocycles. The van der Waals surface area contributed by atoms with Crippen molar-refractivity contribution in [2.24, 2.45) is 0 Å². The minimum atomic E-state index is 0.728. The first-order chi connectivity index (χ1) is 7.27. The molecule has 3 N–H and O–H groups in total. The van der Waals surface area contributed by atoms with E-state index in [1.54, 1.807) is 0 Å². The number of hydrogen-bond donors (Lipinski definition) is 2. The van der Waals surface area contributed by atoms with E-state index in [1.165, 1.54) is 36.8 Å². The predicted octanol–water partition coefficient (Wildman–Crippen LogP) is 2.61. The fourth-order valence-corrected chi connectivity index (χ4v) is 2.28. The molecule has 1 aliphatic rings. The highest BCUT2D eigenvalue weighted by molar-refractivity contribution is 5.49. The van der Waals surface area contributed by atoms with E-state index in [2.05, 4.69) is 18.3 Å². The van der Waals surface area contributed by atoms with Crippen molar-refractivity contribution in [2.45, 2.75) is 45.2 Å². The lowest BCUT2D eigenvalue weighted by Crippen LogP contribution is -2.25. The van der Waals surface area contributed by atoms with Crippen LogP contribution in [0.5, 0.6) is 0 Å². The number of hydrogen-bond acceptors (Lipinski definition) is 2. The Morgan fingerprint density at radius 1 is 1.33 bits per heavy atom. The van der Waals surface area contributed by atoms with E-state index in [0.29, 0.717) is 0 Å². The van der Waals surface area contributed by atoms with E-state index in [0.717, 1.165) is 18.3 Å². The van der Waals surface area contributed by atoms with Crippen LogP contribution < -0.4 is 11.1 Å². The maximum atomic E-state index is 5.88. The van der Waals surface area contributed by atoms with Crippen molar-refractivity contribution in [2.75, 3.05) is 5.73 Å². The third-order valence-electron chi connectivity index (χ3n) is 3.42. The summed E-state index contributed by atoms with van der Waals surface area (Å²) in [7, 11) is 0. The molecule has 0 unspecified atom stereocenters. The van der Waals surface area contributed by atoms with Gasteiger partial charge in [-0.25, -0.2) is 0 Å². The number of anilines is 1. The van der Waals surface area contributed by atoms with Crippen molar-refractivity contribution in [1.29, 1.82) is 0 Å². The van der Waals surface area contributed by atoms with E-state index in [9.17, 15) is 0 Å². The van der Waals surface area contributed by atoms with Crippen LogP contribution in [-0.2, 0) is 6.54 Å². The zero-order valence-corrected chi connectivity index (χ0v) is 9.42. The minimum absolute atomic E-state index is 0.728. The molecule has 1 aliphatic carbocycles. The smallest absolute Gasteiger partial charge is 0.0346 e. The summed E-state index contributed by atoms with van der Waals surface area (Å²) in [6.45, 7) is 3.06. The van der Waals surface area contributed by atoms with Gasteiger partial charge in [0.2, 0.25) is 0 Å². The van der Waals surface area contributed by atoms with Gasteiger partial charge in [0.1, 0.15) is 0 Å². The lowest BCUT2D eigenvalue weighted by molar-refractivity contribution is 0.523. The van der Waals surface area contributed by atoms with Gasteiger partial charge in [0.25, 0.3) is 0 Å². The maximum Gasteiger partial charge on any atom is 0.0346 e. The molecule has 82 valence electrons. The molecule has 0 spiro atoms. The van der Waals surface area contributed by atoms with Crippen LogP contribution in [0.2, 0.25) is 0 Å². The van der Waals surface area contributed by atoms with Gasteiger partial charge in [-0.2, -0.15) is 0 Å². The summed E-state index contributed by atoms with van der Waals surface area (Å²) in [5, 5.41) is 3.61. The van der Waals surface area contributed by atoms with Crippen molar-refractivity contribution in [3.05, 3.63) is 29.3 Å². The van der Waals surface area contributed by atoms with Gasteiger partial charge in [0, 0.05) is 18.3 Å². The molecule has 15 heavy (non-hydrogen) atoms. The van der Waals surface area contributed by atoms with Gasteiger partial charge in [0.05, 0.1) is 0 Å². The van der Waals surface area contributed by atoms with Crippen LogP contribution in [0.4, 0.5) is 5.69 Å². The maximum absolute atomic E-state index is 5.88. The Labute approximate surface area is 91.9 Å². The van der Waals surface area contributed by atoms with Gasteiger partial charge in [0.15, 0.2) is 0 Å². The molecule has 0 amide bonds. The monoisotopic (exact) mass is 204 g/mol. The molecular weight excluding hydrogens is 184 g/mol. The molecule has 1 saturated carbocycles. The van der Waals surface area contributed by atoms with E-state index >= 15 is 0 Å². The van der Waals surface area contributed by atoms with Crippen molar-refractivity contribution in [3.8, 4) is 0 Å². The summed E-state index contributed by atoms with van der Waals surface area (Å²) in [6, 6.07) is 6.89. The molecule has 0 radical (unpaired) electrons. The SMILES string of the molecule is Cc1c(N)cccc1CNC1CCCC1. The summed E-state index contributed by atoms with van der Waals surface area (Å²) >= 11 is 0. The number of nitrogens with one attached hydrogen (secondary N) is 1. The average Bonchev–Trinajstić information content (AvgIpc) is 2.73. The topological polar surface area (TPSA) is 38.0 Å². The highest BCUT2D eigenvalue weighted by Gasteiger charge is 2.14. The Bertz CT molecular complexity index is 327. The highest BCUT2D eigenvalue weighted by Crippen LogP contribution is 2.20. The quantitative estimate of drug-likeness (QED) is 0.743. The van der Waals surface area contributed by atoms with Gasteiger partial charge in [-0.15, -0.1) is 0 Å². The zero-order valence-electron chi connectivity index (χ0n) is 9.42. The second-order valence-corrected chi connectivity index (χ2v) is 4.49. The summed E-state index contributed by atoms with van der Waals surface area (Å²) < 4.78 is 0. The second-order valence-electron chi connectivity index (χ2n) is 4.49. The molecule has 1 aromatic carbocycles. The number of benzene rings is 1. The van der Waals surface area contributed by atoms with Crippen LogP contribution in [-0.4, -0.2) is 6.04 Å². The molecule has 2 rings (SSSR count). The van der Waals surface area contributed by atoms with Crippen LogP contribution in [0, 0.1) is 6.92 Å². The third-order valence-corrected chi connectivity index (χ3v) is 3.42. The predicted molar refractivity (Wildman–Crippen MR) is 64.7 cm³/mol. The lowest BCUT2D eigenvalue weighted by atomic mass is 10.1. The van der Waals surface area contributed by atoms with E-state index in [1.807, 2.05) is 12.1 Å². The summed E-state index contributed by atoms with van der Waals surface area (Å²) in [5.74, 6) is 0. The van der Waals surface area contributed by atoms with Crippen LogP contribution in [0.3, 0.4) is 0 Å². The van der Waals surface area contributed by atoms with Crippen LogP contribution in [0.25, 0.3) is 0 Å². The van der Waals surface area contributed by atoms with Crippen molar-refractivity contribution < 1.29 is 0 Å². The first-order valence-corrected chi connectivity index (χ1v) is 5.84. The van der Waals surface area contributed by atoms with Crippen molar-refractivity contribution in [1.82, 2.24) is 5.32 Å². The molecular formula is C13H20N2. The molecule has 0 bridgehead atoms. The Hall–Kier alpha value is -1.02. The van der Waals surface area contributed by atoms with Crippen molar-refractivity contribution in [3.63, 3.8) is 0 Å². The molecule has 0 aliphatic heterocycles. The Kier molecular flexibility index (Phi) is 3.27. The number of rotatable bonds is 3. The third kappa shape index (κ3) is 2.51. The van der Waals surface area contributed by atoms with Gasteiger partial charge in [-0.3, -0.25) is 0 Å². The fraction of sp³-hybridized carbons (Fsp3) is 0.538. The molecule has 2 nitrogen and oxygen atoms in total. The lowest BCUT2D eigenvalue weighted by Gasteiger charge is -2.14. The molecule has 1 aromatic rings. The molecule has 0 heterocycles. The Morgan fingerprint density at radius 2 is 2.07 bits per heavy atom. The summed E-state index contributed by atoms with van der Waals surface area (Å²) in [5.41, 5.74) is 9.34. The number of nitrogens with two attached hydrogens (primary N) is 1. The first-order valence-electron chi connectivity index (χ1n) is 5.84. The fourth-order valence-electron chi connectivity index (χ4n) is 2.28. The summed E-state index contributed by atoms with van der Waals surface area (Å²) in [6.07, 6.45) is 5.43. The molecule has 0 saturated heterocycles. The Balaban J connectivity index is 1.95. The zero-order chi connectivity index (χ0) is 10.7. The summed E-state index contributed by atoms with van der Waals surface area (Å²) in [4.78, 5) is 0. The molecule has 1 fully saturated rings. The van der Waals surface area contributed by atoms with Gasteiger partial charge in [-0.05, 0) is 37.0 Å². The highest BCUT2D eigenvalue weighted by atomic mass is 14.9. The Morgan fingerprint density at radius 3 is 2.80 bits per heavy atom. The van der Waals surface area contributed by atoms with Crippen LogP contribution in [0.1, 0.15) is 36.8 Å². The second kappa shape index (κ2) is 4.67. The minimum Gasteiger partial charge on any atom is -0.399 e. The van der Waals surface area contributed by atoms with Crippen molar-refractivity contribution >= 4 is 5.69 Å². The van der Waals surface area contributed by atoms with Gasteiger partial charge in [-0.1, -0.05) is 25.0 Å². The van der Waals surface area contributed by atoms with Gasteiger partial charge >= 0.3 is 0 Å². The van der Waals surface area contributed by atoms with Crippen LogP contribution in [0.15, 0.2) is 18.2 Å². The number of nitrogen functional groups attached to an aromatic ring is 1. The van der Waals surface area contributed by atoms with Crippen LogP contribution >= 0.6 is 0 Å². The largest absolute Gasteiger partial charge is 0.399 e. The van der Waals surface area contributed by atoms with Gasteiger partial charge < -0.3 is 11.1 Å². The molecule has 2 heteroatoms. The standard InChI is InChI=1S/C13H20N2/c1-10-11(5-4-8-13(10)14)9-15-12-6-2-3-7-12/h4-5,8,12,15H,2-3,6-7,9,14H2,1H3. The van der Waals surface area contributed by atoms with E-state index in [-0.39, 0.29) is 0 Å². The molecule has 0 atom stereocenters. The average molecular weight is 204 g/mol. The normalized spacial score (nSPS) is 17.1.